The van der Waals surface area contributed by atoms with Crippen molar-refractivity contribution in [2.24, 2.45) is 5.92 Å². The maximum absolute atomic E-state index is 12.1. The Hall–Kier alpha value is -2.18. The van der Waals surface area contributed by atoms with Gasteiger partial charge in [-0.05, 0) is 6.07 Å². The topological polar surface area (TPSA) is 78.4 Å². The van der Waals surface area contributed by atoms with Crippen LogP contribution in [0.15, 0.2) is 18.5 Å². The molecule has 1 aromatic heterocycles. The average Bonchev–Trinajstić information content (AvgIpc) is 2.55. The molecule has 2 rings (SSSR count). The Morgan fingerprint density at radius 2 is 1.82 bits per heavy atom. The third kappa shape index (κ3) is 4.41. The van der Waals surface area contributed by atoms with Crippen molar-refractivity contribution >= 4 is 17.8 Å². The first-order valence-corrected chi connectivity index (χ1v) is 7.65. The van der Waals surface area contributed by atoms with Crippen LogP contribution in [-0.2, 0) is 9.59 Å². The monoisotopic (exact) mass is 305 g/mol. The highest BCUT2D eigenvalue weighted by Gasteiger charge is 2.22. The second-order valence-electron chi connectivity index (χ2n) is 5.61. The van der Waals surface area contributed by atoms with Gasteiger partial charge in [-0.2, -0.15) is 0 Å². The van der Waals surface area contributed by atoms with Crippen LogP contribution < -0.4 is 10.2 Å². The molecule has 1 fully saturated rings. The van der Waals surface area contributed by atoms with E-state index in [1.807, 2.05) is 18.7 Å². The number of carbonyl (C=O) groups is 2. The van der Waals surface area contributed by atoms with E-state index < -0.39 is 0 Å². The first-order chi connectivity index (χ1) is 10.6. The van der Waals surface area contributed by atoms with Crippen molar-refractivity contribution in [3.8, 4) is 0 Å². The van der Waals surface area contributed by atoms with Crippen molar-refractivity contribution in [3.63, 3.8) is 0 Å². The Morgan fingerprint density at radius 3 is 2.41 bits per heavy atom. The number of nitrogens with one attached hydrogen (secondary N) is 1. The van der Waals surface area contributed by atoms with E-state index in [4.69, 9.17) is 0 Å². The van der Waals surface area contributed by atoms with E-state index in [9.17, 15) is 9.59 Å². The molecule has 22 heavy (non-hydrogen) atoms. The maximum atomic E-state index is 12.1. The molecule has 7 nitrogen and oxygen atoms in total. The maximum Gasteiger partial charge on any atom is 0.225 e. The molecule has 1 aromatic rings. The van der Waals surface area contributed by atoms with E-state index in [0.29, 0.717) is 32.0 Å². The Bertz CT molecular complexity index is 498. The van der Waals surface area contributed by atoms with Gasteiger partial charge in [0.15, 0.2) is 0 Å². The predicted octanol–water partition coefficient (Wildman–Crippen LogP) is 0.288. The number of aromatic nitrogens is 2. The number of nitrogens with zero attached hydrogens (tertiary/aromatic N) is 4. The Kier molecular flexibility index (Phi) is 5.68. The molecule has 0 bridgehead atoms. The van der Waals surface area contributed by atoms with Crippen LogP contribution in [0.1, 0.15) is 20.3 Å². The second kappa shape index (κ2) is 7.72. The van der Waals surface area contributed by atoms with Crippen LogP contribution >= 0.6 is 0 Å². The van der Waals surface area contributed by atoms with Gasteiger partial charge in [0.25, 0.3) is 0 Å². The lowest BCUT2D eigenvalue weighted by molar-refractivity contribution is -0.131. The summed E-state index contributed by atoms with van der Waals surface area (Å²) in [6.45, 7) is 6.86. The van der Waals surface area contributed by atoms with E-state index in [-0.39, 0.29) is 17.7 Å². The number of hydrogen-bond donors (Lipinski definition) is 1. The summed E-state index contributed by atoms with van der Waals surface area (Å²) in [5, 5.41) is 2.77. The summed E-state index contributed by atoms with van der Waals surface area (Å²) in [4.78, 5) is 35.9. The van der Waals surface area contributed by atoms with Crippen LogP contribution in [-0.4, -0.2) is 59.4 Å². The van der Waals surface area contributed by atoms with E-state index >= 15 is 0 Å². The smallest absolute Gasteiger partial charge is 0.225 e. The molecule has 0 radical (unpaired) electrons. The van der Waals surface area contributed by atoms with E-state index in [1.54, 1.807) is 18.5 Å². The number of piperazine rings is 1. The normalized spacial score (nSPS) is 15.0. The van der Waals surface area contributed by atoms with Gasteiger partial charge in [0.05, 0.1) is 0 Å². The molecule has 1 N–H and O–H groups in total. The molecule has 0 aliphatic carbocycles. The van der Waals surface area contributed by atoms with Gasteiger partial charge >= 0.3 is 0 Å². The Morgan fingerprint density at radius 1 is 1.18 bits per heavy atom. The molecule has 0 saturated carbocycles. The molecule has 0 atom stereocenters. The van der Waals surface area contributed by atoms with Crippen LogP contribution in [0.5, 0.6) is 0 Å². The molecule has 1 aliphatic heterocycles. The minimum atomic E-state index is -0.0514. The van der Waals surface area contributed by atoms with Crippen molar-refractivity contribution in [2.75, 3.05) is 37.6 Å². The fourth-order valence-corrected chi connectivity index (χ4v) is 2.27. The highest BCUT2D eigenvalue weighted by atomic mass is 16.2. The molecule has 2 heterocycles. The van der Waals surface area contributed by atoms with Gasteiger partial charge in [0.1, 0.15) is 0 Å². The zero-order valence-corrected chi connectivity index (χ0v) is 13.2. The molecule has 0 aromatic carbocycles. The molecule has 7 heteroatoms. The van der Waals surface area contributed by atoms with Crippen molar-refractivity contribution in [1.82, 2.24) is 20.2 Å². The molecule has 0 unspecified atom stereocenters. The van der Waals surface area contributed by atoms with Crippen LogP contribution in [0, 0.1) is 5.92 Å². The molecule has 1 saturated heterocycles. The van der Waals surface area contributed by atoms with E-state index in [2.05, 4.69) is 20.2 Å². The lowest BCUT2D eigenvalue weighted by atomic mass is 10.2. The van der Waals surface area contributed by atoms with Gasteiger partial charge < -0.3 is 15.1 Å². The zero-order chi connectivity index (χ0) is 15.9. The van der Waals surface area contributed by atoms with Crippen LogP contribution in [0.3, 0.4) is 0 Å². The number of rotatable bonds is 5. The highest BCUT2D eigenvalue weighted by Crippen LogP contribution is 2.10. The molecule has 0 spiro atoms. The largest absolute Gasteiger partial charge is 0.355 e. The fraction of sp³-hybridized carbons (Fsp3) is 0.600. The Labute approximate surface area is 130 Å². The summed E-state index contributed by atoms with van der Waals surface area (Å²) in [6.07, 6.45) is 3.79. The SMILES string of the molecule is CC(C)C(=O)NCCC(=O)N1CCN(c2ncccn2)CC1. The van der Waals surface area contributed by atoms with Crippen molar-refractivity contribution in [2.45, 2.75) is 20.3 Å². The minimum absolute atomic E-state index is 0.0150. The number of carbonyl (C=O) groups excluding carboxylic acids is 2. The van der Waals surface area contributed by atoms with Gasteiger partial charge in [0.2, 0.25) is 17.8 Å². The molecule has 120 valence electrons. The molecule has 1 aliphatic rings. The first-order valence-electron chi connectivity index (χ1n) is 7.65. The number of amides is 2. The van der Waals surface area contributed by atoms with Crippen molar-refractivity contribution < 1.29 is 9.59 Å². The van der Waals surface area contributed by atoms with Gasteiger partial charge in [-0.25, -0.2) is 9.97 Å². The zero-order valence-electron chi connectivity index (χ0n) is 13.2. The number of anilines is 1. The van der Waals surface area contributed by atoms with E-state index in [0.717, 1.165) is 13.1 Å². The van der Waals surface area contributed by atoms with Crippen molar-refractivity contribution in [1.29, 1.82) is 0 Å². The van der Waals surface area contributed by atoms with Crippen LogP contribution in [0.2, 0.25) is 0 Å². The minimum Gasteiger partial charge on any atom is -0.355 e. The summed E-state index contributed by atoms with van der Waals surface area (Å²) in [5.74, 6) is 0.722. The van der Waals surface area contributed by atoms with Crippen LogP contribution in [0.4, 0.5) is 5.95 Å². The second-order valence-corrected chi connectivity index (χ2v) is 5.61. The average molecular weight is 305 g/mol. The van der Waals surface area contributed by atoms with Gasteiger partial charge in [-0.1, -0.05) is 13.8 Å². The van der Waals surface area contributed by atoms with Gasteiger partial charge in [-0.3, -0.25) is 9.59 Å². The predicted molar refractivity (Wildman–Crippen MR) is 83.3 cm³/mol. The summed E-state index contributed by atoms with van der Waals surface area (Å²) in [5.41, 5.74) is 0. The first kappa shape index (κ1) is 16.2. The van der Waals surface area contributed by atoms with Gasteiger partial charge in [0, 0.05) is 57.5 Å². The fourth-order valence-electron chi connectivity index (χ4n) is 2.27. The standard InChI is InChI=1S/C15H23N5O2/c1-12(2)14(22)16-7-4-13(21)19-8-10-20(11-9-19)15-17-5-3-6-18-15/h3,5-6,12H,4,7-11H2,1-2H3,(H,16,22). The molecular weight excluding hydrogens is 282 g/mol. The summed E-state index contributed by atoms with van der Waals surface area (Å²) >= 11 is 0. The molecule has 2 amide bonds. The summed E-state index contributed by atoms with van der Waals surface area (Å²) in [7, 11) is 0. The lowest BCUT2D eigenvalue weighted by Gasteiger charge is -2.34. The van der Waals surface area contributed by atoms with Crippen LogP contribution in [0.25, 0.3) is 0 Å². The van der Waals surface area contributed by atoms with E-state index in [1.165, 1.54) is 0 Å². The molecular formula is C15H23N5O2. The number of hydrogen-bond acceptors (Lipinski definition) is 5. The third-order valence-corrected chi connectivity index (χ3v) is 3.63. The lowest BCUT2D eigenvalue weighted by Crippen LogP contribution is -2.49. The van der Waals surface area contributed by atoms with Crippen molar-refractivity contribution in [3.05, 3.63) is 18.5 Å². The van der Waals surface area contributed by atoms with Gasteiger partial charge in [-0.15, -0.1) is 0 Å². The quantitative estimate of drug-likeness (QED) is 0.846. The third-order valence-electron chi connectivity index (χ3n) is 3.63. The summed E-state index contributed by atoms with van der Waals surface area (Å²) < 4.78 is 0. The highest BCUT2D eigenvalue weighted by molar-refractivity contribution is 5.80. The Balaban J connectivity index is 1.72. The summed E-state index contributed by atoms with van der Waals surface area (Å²) in [6, 6.07) is 1.79.